The highest BCUT2D eigenvalue weighted by Crippen LogP contribution is 2.62. The molecule has 2 heterocycles. The van der Waals surface area contributed by atoms with Crippen molar-refractivity contribution in [1.29, 1.82) is 0 Å². The topological polar surface area (TPSA) is 87.1 Å². The van der Waals surface area contributed by atoms with Crippen LogP contribution in [0.2, 0.25) is 0 Å². The molecule has 5 atom stereocenters. The average Bonchev–Trinajstić information content (AvgIpc) is 3.24. The van der Waals surface area contributed by atoms with Crippen LogP contribution in [0.5, 0.6) is 0 Å². The third kappa shape index (κ3) is 4.46. The number of carbonyl (C=O) groups is 1. The minimum absolute atomic E-state index is 0.0452. The monoisotopic (exact) mass is 520 g/mol. The number of halogens is 1. The van der Waals surface area contributed by atoms with Gasteiger partial charge in [0.1, 0.15) is 11.6 Å². The summed E-state index contributed by atoms with van der Waals surface area (Å²) in [5.74, 6) is 1.75. The van der Waals surface area contributed by atoms with Crippen molar-refractivity contribution >= 4 is 23.1 Å². The number of nitrogens with zero attached hydrogens (tertiary/aromatic N) is 3. The second kappa shape index (κ2) is 10.3. The van der Waals surface area contributed by atoms with E-state index in [2.05, 4.69) is 33.3 Å². The van der Waals surface area contributed by atoms with Crippen molar-refractivity contribution in [3.05, 3.63) is 53.5 Å². The summed E-state index contributed by atoms with van der Waals surface area (Å²) < 4.78 is 20.0. The van der Waals surface area contributed by atoms with Gasteiger partial charge in [-0.3, -0.25) is 4.79 Å². The van der Waals surface area contributed by atoms with E-state index in [1.807, 2.05) is 18.2 Å². The SMILES string of the molecule is C[C@]12CCC3c4cccc(F)c4CCC3C1[C@H](CCC(=O)Nc1ccc(N3CCOCC3)cn1)C/C2=N\O. The maximum Gasteiger partial charge on any atom is 0.225 e. The molecule has 1 saturated heterocycles. The Kier molecular flexibility index (Phi) is 6.84. The first kappa shape index (κ1) is 25.3. The van der Waals surface area contributed by atoms with Crippen molar-refractivity contribution in [2.75, 3.05) is 36.5 Å². The molecule has 0 radical (unpaired) electrons. The van der Waals surface area contributed by atoms with E-state index in [-0.39, 0.29) is 23.1 Å². The van der Waals surface area contributed by atoms with E-state index in [0.717, 1.165) is 68.6 Å². The van der Waals surface area contributed by atoms with Crippen LogP contribution in [0.4, 0.5) is 15.9 Å². The summed E-state index contributed by atoms with van der Waals surface area (Å²) in [5, 5.41) is 16.6. The van der Waals surface area contributed by atoms with Crippen molar-refractivity contribution in [3.8, 4) is 0 Å². The molecule has 2 aromatic rings. The third-order valence-corrected chi connectivity index (χ3v) is 9.85. The van der Waals surface area contributed by atoms with Crippen LogP contribution >= 0.6 is 0 Å². The first-order valence-electron chi connectivity index (χ1n) is 14.0. The highest BCUT2D eigenvalue weighted by atomic mass is 19.1. The zero-order chi connectivity index (χ0) is 26.3. The number of fused-ring (bicyclic) bond motifs is 5. The van der Waals surface area contributed by atoms with Crippen molar-refractivity contribution in [2.24, 2.45) is 28.3 Å². The Bertz CT molecular complexity index is 1210. The van der Waals surface area contributed by atoms with Gasteiger partial charge < -0.3 is 20.2 Å². The maximum absolute atomic E-state index is 14.6. The number of anilines is 2. The van der Waals surface area contributed by atoms with E-state index < -0.39 is 0 Å². The zero-order valence-electron chi connectivity index (χ0n) is 22.0. The Labute approximate surface area is 223 Å². The highest BCUT2D eigenvalue weighted by molar-refractivity contribution is 5.93. The molecule has 1 aromatic carbocycles. The van der Waals surface area contributed by atoms with Gasteiger partial charge in [-0.25, -0.2) is 9.37 Å². The van der Waals surface area contributed by atoms with Crippen LogP contribution in [0, 0.1) is 29.0 Å². The molecule has 3 fully saturated rings. The van der Waals surface area contributed by atoms with Crippen LogP contribution in [-0.4, -0.2) is 48.1 Å². The first-order valence-corrected chi connectivity index (χ1v) is 14.0. The van der Waals surface area contributed by atoms with Gasteiger partial charge in [-0.2, -0.15) is 0 Å². The number of pyridine rings is 1. The number of oxime groups is 1. The van der Waals surface area contributed by atoms with Crippen LogP contribution in [0.25, 0.3) is 0 Å². The Morgan fingerprint density at radius 3 is 2.87 bits per heavy atom. The van der Waals surface area contributed by atoms with Crippen molar-refractivity contribution in [2.45, 2.75) is 57.8 Å². The molecule has 3 aliphatic carbocycles. The summed E-state index contributed by atoms with van der Waals surface area (Å²) in [6.45, 7) is 5.36. The number of amides is 1. The largest absolute Gasteiger partial charge is 0.411 e. The standard InChI is InChI=1S/C30H37FN4O3/c1-30-12-11-22-21-3-2-4-25(31)23(21)7-8-24(22)29(30)19(17-26(30)34-37)5-10-28(36)33-27-9-6-20(18-32-27)35-13-15-38-16-14-35/h2-4,6,9,18-19,22,24,29,37H,5,7-8,10-17H2,1H3,(H,32,33,36)/b34-26+/t19-,22?,24?,29?,30-/m1/s1. The summed E-state index contributed by atoms with van der Waals surface area (Å²) >= 11 is 0. The number of benzene rings is 1. The number of aromatic nitrogens is 1. The van der Waals surface area contributed by atoms with Gasteiger partial charge >= 0.3 is 0 Å². The van der Waals surface area contributed by atoms with Crippen LogP contribution in [-0.2, 0) is 16.0 Å². The molecular weight excluding hydrogens is 483 g/mol. The summed E-state index contributed by atoms with van der Waals surface area (Å²) in [7, 11) is 0. The molecule has 1 amide bonds. The quantitative estimate of drug-likeness (QED) is 0.408. The molecule has 0 spiro atoms. The van der Waals surface area contributed by atoms with Crippen molar-refractivity contribution < 1.29 is 19.1 Å². The van der Waals surface area contributed by atoms with Gasteiger partial charge in [-0.15, -0.1) is 0 Å². The highest BCUT2D eigenvalue weighted by Gasteiger charge is 2.57. The molecule has 7 nitrogen and oxygen atoms in total. The van der Waals surface area contributed by atoms with Crippen molar-refractivity contribution in [3.63, 3.8) is 0 Å². The molecule has 2 saturated carbocycles. The molecule has 202 valence electrons. The fourth-order valence-corrected chi connectivity index (χ4v) is 8.07. The lowest BCUT2D eigenvalue weighted by Gasteiger charge is -2.50. The summed E-state index contributed by atoms with van der Waals surface area (Å²) in [6.07, 6.45) is 7.25. The van der Waals surface area contributed by atoms with Crippen LogP contribution in [0.1, 0.15) is 62.5 Å². The Balaban J connectivity index is 1.13. The number of morpholine rings is 1. The van der Waals surface area contributed by atoms with Crippen LogP contribution < -0.4 is 10.2 Å². The lowest BCUT2D eigenvalue weighted by atomic mass is 9.54. The summed E-state index contributed by atoms with van der Waals surface area (Å²) in [4.78, 5) is 19.6. The molecule has 1 aromatic heterocycles. The van der Waals surface area contributed by atoms with Gasteiger partial charge in [0.15, 0.2) is 0 Å². The number of nitrogens with one attached hydrogen (secondary N) is 1. The number of carbonyl (C=O) groups excluding carboxylic acids is 1. The molecule has 1 aliphatic heterocycles. The van der Waals surface area contributed by atoms with Gasteiger partial charge in [0.25, 0.3) is 0 Å². The maximum atomic E-state index is 14.6. The van der Waals surface area contributed by atoms with Crippen LogP contribution in [0.3, 0.4) is 0 Å². The van der Waals surface area contributed by atoms with E-state index in [1.54, 1.807) is 12.3 Å². The van der Waals surface area contributed by atoms with Gasteiger partial charge in [0.05, 0.1) is 30.8 Å². The van der Waals surface area contributed by atoms with Crippen LogP contribution in [0.15, 0.2) is 41.7 Å². The van der Waals surface area contributed by atoms with Gasteiger partial charge in [0, 0.05) is 24.9 Å². The van der Waals surface area contributed by atoms with Crippen molar-refractivity contribution in [1.82, 2.24) is 4.98 Å². The summed E-state index contributed by atoms with van der Waals surface area (Å²) in [6, 6.07) is 9.36. The van der Waals surface area contributed by atoms with Gasteiger partial charge in [-0.05, 0) is 91.5 Å². The predicted octanol–water partition coefficient (Wildman–Crippen LogP) is 5.39. The molecule has 4 aliphatic rings. The number of hydrogen-bond donors (Lipinski definition) is 2. The predicted molar refractivity (Wildman–Crippen MR) is 144 cm³/mol. The average molecular weight is 521 g/mol. The fraction of sp³-hybridized carbons (Fsp3) is 0.567. The Morgan fingerprint density at radius 2 is 2.11 bits per heavy atom. The molecule has 0 bridgehead atoms. The van der Waals surface area contributed by atoms with E-state index >= 15 is 0 Å². The minimum atomic E-state index is -0.168. The second-order valence-corrected chi connectivity index (χ2v) is 11.7. The summed E-state index contributed by atoms with van der Waals surface area (Å²) in [5.41, 5.74) is 3.79. The fourth-order valence-electron chi connectivity index (χ4n) is 8.07. The lowest BCUT2D eigenvalue weighted by molar-refractivity contribution is -0.116. The first-order chi connectivity index (χ1) is 18.5. The molecule has 3 unspecified atom stereocenters. The van der Waals surface area contributed by atoms with Gasteiger partial charge in [0.2, 0.25) is 5.91 Å². The zero-order valence-corrected chi connectivity index (χ0v) is 22.0. The number of ether oxygens (including phenoxy) is 1. The Hall–Kier alpha value is -3.00. The molecule has 8 heteroatoms. The second-order valence-electron chi connectivity index (χ2n) is 11.7. The van der Waals surface area contributed by atoms with E-state index in [0.29, 0.717) is 43.2 Å². The molecular formula is C30H37FN4O3. The van der Waals surface area contributed by atoms with Gasteiger partial charge in [-0.1, -0.05) is 24.2 Å². The smallest absolute Gasteiger partial charge is 0.225 e. The Morgan fingerprint density at radius 1 is 1.26 bits per heavy atom. The molecule has 2 N–H and O–H groups in total. The number of hydrogen-bond acceptors (Lipinski definition) is 6. The molecule has 6 rings (SSSR count). The number of rotatable bonds is 5. The molecule has 38 heavy (non-hydrogen) atoms. The lowest BCUT2D eigenvalue weighted by Crippen LogP contribution is -2.44. The van der Waals surface area contributed by atoms with E-state index in [4.69, 9.17) is 4.74 Å². The normalized spacial score (nSPS) is 31.4. The van der Waals surface area contributed by atoms with E-state index in [9.17, 15) is 14.4 Å². The van der Waals surface area contributed by atoms with E-state index in [1.165, 1.54) is 5.56 Å². The minimum Gasteiger partial charge on any atom is -0.411 e. The third-order valence-electron chi connectivity index (χ3n) is 9.85.